The van der Waals surface area contributed by atoms with Crippen LogP contribution in [0, 0.1) is 0 Å². The fourth-order valence-corrected chi connectivity index (χ4v) is 1.88. The Bertz CT molecular complexity index is 749. The zero-order valence-corrected chi connectivity index (χ0v) is 10.9. The molecule has 0 aliphatic carbocycles. The highest BCUT2D eigenvalue weighted by Gasteiger charge is 2.10. The number of ether oxygens (including phenoxy) is 1. The van der Waals surface area contributed by atoms with E-state index in [-0.39, 0.29) is 5.97 Å². The van der Waals surface area contributed by atoms with Crippen molar-refractivity contribution in [2.45, 2.75) is 6.92 Å². The summed E-state index contributed by atoms with van der Waals surface area (Å²) in [5, 5.41) is 8.13. The summed E-state index contributed by atoms with van der Waals surface area (Å²) in [6, 6.07) is 11.0. The summed E-state index contributed by atoms with van der Waals surface area (Å²) < 4.78 is 6.54. The minimum Gasteiger partial charge on any atom is -0.462 e. The predicted molar refractivity (Wildman–Crippen MR) is 72.6 cm³/mol. The van der Waals surface area contributed by atoms with Crippen LogP contribution >= 0.6 is 0 Å². The third-order valence-corrected chi connectivity index (χ3v) is 2.83. The fraction of sp³-hybridized carbons (Fsp3) is 0.143. The molecule has 3 rings (SSSR count). The lowest BCUT2D eigenvalue weighted by molar-refractivity contribution is 0.0526. The normalized spacial score (nSPS) is 10.7. The van der Waals surface area contributed by atoms with Crippen LogP contribution in [-0.2, 0) is 4.74 Å². The maximum atomic E-state index is 11.6. The van der Waals surface area contributed by atoms with E-state index >= 15 is 0 Å². The number of fused-ring (bicyclic) bond motifs is 1. The molecule has 0 amide bonds. The molecular formula is C14H12N4O2. The minimum absolute atomic E-state index is 0.342. The Morgan fingerprint density at radius 3 is 2.85 bits per heavy atom. The number of esters is 1. The molecule has 2 aromatic heterocycles. The summed E-state index contributed by atoms with van der Waals surface area (Å²) in [5.41, 5.74) is 2.08. The quantitative estimate of drug-likeness (QED) is 0.679. The predicted octanol–water partition coefficient (Wildman–Crippen LogP) is 1.99. The van der Waals surface area contributed by atoms with E-state index in [4.69, 9.17) is 4.74 Å². The van der Waals surface area contributed by atoms with E-state index < -0.39 is 0 Å². The van der Waals surface area contributed by atoms with Crippen LogP contribution in [0.2, 0.25) is 0 Å². The molecule has 0 fully saturated rings. The lowest BCUT2D eigenvalue weighted by Crippen LogP contribution is -2.06. The van der Waals surface area contributed by atoms with Crippen molar-refractivity contribution in [3.8, 4) is 5.82 Å². The number of aromatic nitrogens is 4. The smallest absolute Gasteiger partial charge is 0.339 e. The average Bonchev–Trinajstić information content (AvgIpc) is 2.92. The standard InChI is InChI=1S/C14H12N4O2/c1-2-20-14(19)10-7-8-13(15-9-10)18-12-6-4-3-5-11(12)16-17-18/h3-9H,2H2,1H3. The Balaban J connectivity index is 1.97. The first-order valence-electron chi connectivity index (χ1n) is 6.23. The molecule has 0 saturated heterocycles. The largest absolute Gasteiger partial charge is 0.462 e. The number of hydrogen-bond donors (Lipinski definition) is 0. The van der Waals surface area contributed by atoms with Gasteiger partial charge in [0.15, 0.2) is 5.82 Å². The van der Waals surface area contributed by atoms with Crippen molar-refractivity contribution in [1.82, 2.24) is 20.0 Å². The Morgan fingerprint density at radius 1 is 1.25 bits per heavy atom. The van der Waals surface area contributed by atoms with Gasteiger partial charge in [0, 0.05) is 6.20 Å². The number of nitrogens with zero attached hydrogens (tertiary/aromatic N) is 4. The molecule has 100 valence electrons. The Morgan fingerprint density at radius 2 is 2.10 bits per heavy atom. The second-order valence-electron chi connectivity index (χ2n) is 4.12. The number of hydrogen-bond acceptors (Lipinski definition) is 5. The van der Waals surface area contributed by atoms with Gasteiger partial charge in [0.05, 0.1) is 17.7 Å². The van der Waals surface area contributed by atoms with Crippen molar-refractivity contribution < 1.29 is 9.53 Å². The highest BCUT2D eigenvalue weighted by Crippen LogP contribution is 2.14. The van der Waals surface area contributed by atoms with Crippen molar-refractivity contribution in [3.63, 3.8) is 0 Å². The molecule has 0 unspecified atom stereocenters. The van der Waals surface area contributed by atoms with E-state index in [1.165, 1.54) is 6.20 Å². The van der Waals surface area contributed by atoms with E-state index in [9.17, 15) is 4.79 Å². The van der Waals surface area contributed by atoms with Crippen LogP contribution in [0.1, 0.15) is 17.3 Å². The molecule has 20 heavy (non-hydrogen) atoms. The third kappa shape index (κ3) is 2.11. The lowest BCUT2D eigenvalue weighted by Gasteiger charge is -2.03. The first-order valence-corrected chi connectivity index (χ1v) is 6.23. The summed E-state index contributed by atoms with van der Waals surface area (Å²) in [6.45, 7) is 2.11. The van der Waals surface area contributed by atoms with Gasteiger partial charge in [0.25, 0.3) is 0 Å². The second kappa shape index (κ2) is 5.08. The first kappa shape index (κ1) is 12.3. The molecule has 0 N–H and O–H groups in total. The summed E-state index contributed by atoms with van der Waals surface area (Å²) in [7, 11) is 0. The van der Waals surface area contributed by atoms with E-state index in [1.807, 2.05) is 24.3 Å². The molecule has 6 heteroatoms. The van der Waals surface area contributed by atoms with Crippen molar-refractivity contribution >= 4 is 17.0 Å². The van der Waals surface area contributed by atoms with Crippen LogP contribution in [-0.4, -0.2) is 32.6 Å². The van der Waals surface area contributed by atoms with Crippen molar-refractivity contribution in [3.05, 3.63) is 48.2 Å². The van der Waals surface area contributed by atoms with Gasteiger partial charge in [0.1, 0.15) is 5.52 Å². The van der Waals surface area contributed by atoms with Crippen molar-refractivity contribution in [1.29, 1.82) is 0 Å². The topological polar surface area (TPSA) is 69.9 Å². The van der Waals surface area contributed by atoms with Crippen LogP contribution in [0.15, 0.2) is 42.6 Å². The number of benzene rings is 1. The van der Waals surface area contributed by atoms with Gasteiger partial charge in [-0.3, -0.25) is 0 Å². The third-order valence-electron chi connectivity index (χ3n) is 2.83. The molecule has 0 atom stereocenters. The Kier molecular flexibility index (Phi) is 3.12. The molecule has 0 aliphatic heterocycles. The summed E-state index contributed by atoms with van der Waals surface area (Å²) in [5.74, 6) is 0.224. The SMILES string of the molecule is CCOC(=O)c1ccc(-n2nnc3ccccc32)nc1. The van der Waals surface area contributed by atoms with Gasteiger partial charge in [-0.2, -0.15) is 4.68 Å². The van der Waals surface area contributed by atoms with Crippen LogP contribution in [0.4, 0.5) is 0 Å². The number of para-hydroxylation sites is 1. The molecule has 0 spiro atoms. The number of carbonyl (C=O) groups is 1. The summed E-state index contributed by atoms with van der Waals surface area (Å²) in [4.78, 5) is 15.8. The minimum atomic E-state index is -0.380. The monoisotopic (exact) mass is 268 g/mol. The molecule has 0 aliphatic rings. The molecule has 6 nitrogen and oxygen atoms in total. The van der Waals surface area contributed by atoms with Crippen LogP contribution in [0.3, 0.4) is 0 Å². The maximum absolute atomic E-state index is 11.6. The molecule has 0 bridgehead atoms. The van der Waals surface area contributed by atoms with E-state index in [1.54, 1.807) is 23.7 Å². The number of carbonyl (C=O) groups excluding carboxylic acids is 1. The van der Waals surface area contributed by atoms with Gasteiger partial charge in [-0.25, -0.2) is 9.78 Å². The van der Waals surface area contributed by atoms with Gasteiger partial charge in [-0.1, -0.05) is 17.3 Å². The zero-order valence-electron chi connectivity index (χ0n) is 10.9. The fourth-order valence-electron chi connectivity index (χ4n) is 1.88. The molecular weight excluding hydrogens is 256 g/mol. The van der Waals surface area contributed by atoms with Crippen LogP contribution in [0.25, 0.3) is 16.9 Å². The van der Waals surface area contributed by atoms with Gasteiger partial charge in [-0.05, 0) is 31.2 Å². The average molecular weight is 268 g/mol. The summed E-state index contributed by atoms with van der Waals surface area (Å²) in [6.07, 6.45) is 1.48. The highest BCUT2D eigenvalue weighted by atomic mass is 16.5. The highest BCUT2D eigenvalue weighted by molar-refractivity contribution is 5.89. The van der Waals surface area contributed by atoms with Gasteiger partial charge < -0.3 is 4.74 Å². The number of pyridine rings is 1. The Labute approximate surface area is 115 Å². The van der Waals surface area contributed by atoms with Gasteiger partial charge >= 0.3 is 5.97 Å². The van der Waals surface area contributed by atoms with Crippen molar-refractivity contribution in [2.24, 2.45) is 0 Å². The lowest BCUT2D eigenvalue weighted by atomic mass is 10.3. The zero-order chi connectivity index (χ0) is 13.9. The maximum Gasteiger partial charge on any atom is 0.339 e. The van der Waals surface area contributed by atoms with Crippen LogP contribution in [0.5, 0.6) is 0 Å². The van der Waals surface area contributed by atoms with Crippen molar-refractivity contribution in [2.75, 3.05) is 6.61 Å². The molecule has 0 radical (unpaired) electrons. The number of rotatable bonds is 3. The molecule has 3 aromatic rings. The van der Waals surface area contributed by atoms with E-state index in [0.29, 0.717) is 18.0 Å². The molecule has 0 saturated carbocycles. The molecule has 2 heterocycles. The summed E-state index contributed by atoms with van der Waals surface area (Å²) >= 11 is 0. The first-order chi connectivity index (χ1) is 9.79. The van der Waals surface area contributed by atoms with Gasteiger partial charge in [-0.15, -0.1) is 5.10 Å². The van der Waals surface area contributed by atoms with Crippen LogP contribution < -0.4 is 0 Å². The van der Waals surface area contributed by atoms with Gasteiger partial charge in [0.2, 0.25) is 0 Å². The molecule has 1 aromatic carbocycles. The second-order valence-corrected chi connectivity index (χ2v) is 4.12. The van der Waals surface area contributed by atoms with E-state index in [2.05, 4.69) is 15.3 Å². The Hall–Kier alpha value is -2.76. The van der Waals surface area contributed by atoms with E-state index in [0.717, 1.165) is 11.0 Å².